The van der Waals surface area contributed by atoms with Crippen molar-refractivity contribution < 1.29 is 21.0 Å². The SMILES string of the molecule is FP1(F)=NP(F)(F)=NP(F)(N=P(c2ccccc2)(c2ccccc2)c2ccccc2)=N1. The van der Waals surface area contributed by atoms with E-state index in [0.29, 0.717) is 15.9 Å². The molecule has 1 unspecified atom stereocenters. The van der Waals surface area contributed by atoms with Crippen molar-refractivity contribution in [2.24, 2.45) is 18.1 Å². The molecule has 4 rings (SSSR count). The fraction of sp³-hybridized carbons (Fsp3) is 0. The molecule has 1 aliphatic heterocycles. The van der Waals surface area contributed by atoms with Crippen molar-refractivity contribution in [1.29, 1.82) is 0 Å². The molecular weight excluding hydrogens is 491 g/mol. The van der Waals surface area contributed by atoms with Crippen LogP contribution in [0, 0.1) is 0 Å². The quantitative estimate of drug-likeness (QED) is 0.251. The second kappa shape index (κ2) is 8.30. The van der Waals surface area contributed by atoms with Gasteiger partial charge >= 0.3 is 23.3 Å². The van der Waals surface area contributed by atoms with Gasteiger partial charge < -0.3 is 0 Å². The Kier molecular flexibility index (Phi) is 6.00. The average Bonchev–Trinajstić information content (AvgIpc) is 2.71. The van der Waals surface area contributed by atoms with Crippen LogP contribution in [0.2, 0.25) is 0 Å². The molecular formula is C18H15F5N4P4. The Balaban J connectivity index is 2.21. The molecule has 13 heteroatoms. The molecule has 0 fully saturated rings. The Bertz CT molecular complexity index is 1210. The van der Waals surface area contributed by atoms with Gasteiger partial charge in [0.2, 0.25) is 0 Å². The Labute approximate surface area is 176 Å². The molecule has 4 nitrogen and oxygen atoms in total. The lowest BCUT2D eigenvalue weighted by Gasteiger charge is -2.28. The Morgan fingerprint density at radius 3 is 1.23 bits per heavy atom. The summed E-state index contributed by atoms with van der Waals surface area (Å²) in [5, 5.41) is 1.54. The van der Waals surface area contributed by atoms with E-state index in [4.69, 9.17) is 0 Å². The minimum absolute atomic E-state index is 0.514. The summed E-state index contributed by atoms with van der Waals surface area (Å²) in [6.45, 7) is 0. The van der Waals surface area contributed by atoms with Gasteiger partial charge in [0, 0.05) is 15.9 Å². The van der Waals surface area contributed by atoms with Gasteiger partial charge in [0.25, 0.3) is 0 Å². The molecule has 162 valence electrons. The highest BCUT2D eigenvalue weighted by molar-refractivity contribution is 7.92. The van der Waals surface area contributed by atoms with Crippen LogP contribution in [-0.4, -0.2) is 0 Å². The first kappa shape index (κ1) is 22.4. The van der Waals surface area contributed by atoms with Gasteiger partial charge in [-0.2, -0.15) is 4.20 Å². The van der Waals surface area contributed by atoms with E-state index in [-0.39, 0.29) is 0 Å². The molecule has 0 radical (unpaired) electrons. The van der Waals surface area contributed by atoms with E-state index in [1.807, 2.05) is 0 Å². The van der Waals surface area contributed by atoms with Crippen molar-refractivity contribution in [2.45, 2.75) is 0 Å². The van der Waals surface area contributed by atoms with Crippen LogP contribution in [-0.2, 0) is 0 Å². The van der Waals surface area contributed by atoms with Crippen LogP contribution in [0.15, 0.2) is 109 Å². The zero-order valence-electron chi connectivity index (χ0n) is 15.6. The monoisotopic (exact) mass is 506 g/mol. The number of nitrogens with zero attached hydrogens (tertiary/aromatic N) is 4. The molecule has 0 aromatic heterocycles. The minimum atomic E-state index is -5.89. The van der Waals surface area contributed by atoms with Crippen LogP contribution in [0.3, 0.4) is 0 Å². The third kappa shape index (κ3) is 4.71. The summed E-state index contributed by atoms with van der Waals surface area (Å²) >= 11 is 0. The summed E-state index contributed by atoms with van der Waals surface area (Å²) in [5.41, 5.74) is 0. The van der Waals surface area contributed by atoms with Crippen molar-refractivity contribution in [3.8, 4) is 0 Å². The van der Waals surface area contributed by atoms with Crippen molar-refractivity contribution >= 4 is 46.3 Å². The van der Waals surface area contributed by atoms with Gasteiger partial charge in [-0.3, -0.25) is 0 Å². The van der Waals surface area contributed by atoms with Crippen LogP contribution >= 0.6 is 30.4 Å². The van der Waals surface area contributed by atoms with E-state index in [2.05, 4.69) is 18.1 Å². The number of halogens is 5. The first-order chi connectivity index (χ1) is 14.6. The van der Waals surface area contributed by atoms with Gasteiger partial charge in [0.1, 0.15) is 0 Å². The predicted molar refractivity (Wildman–Crippen MR) is 121 cm³/mol. The van der Waals surface area contributed by atoms with Gasteiger partial charge in [-0.05, 0) is 0 Å². The topological polar surface area (TPSA) is 49.4 Å². The molecule has 0 bridgehead atoms. The summed E-state index contributed by atoms with van der Waals surface area (Å²) in [4.78, 5) is 0. The fourth-order valence-electron chi connectivity index (χ4n) is 3.20. The molecule has 1 aliphatic rings. The highest BCUT2D eigenvalue weighted by Gasteiger charge is 2.41. The van der Waals surface area contributed by atoms with Gasteiger partial charge in [0.15, 0.2) is 0 Å². The highest BCUT2D eigenvalue weighted by Crippen LogP contribution is 2.83. The van der Waals surface area contributed by atoms with Gasteiger partial charge in [-0.1, -0.05) is 91.0 Å². The Hall–Kier alpha value is -1.77. The van der Waals surface area contributed by atoms with Crippen molar-refractivity contribution in [2.75, 3.05) is 0 Å². The molecule has 3 aromatic rings. The van der Waals surface area contributed by atoms with E-state index in [9.17, 15) is 16.8 Å². The molecule has 0 amide bonds. The van der Waals surface area contributed by atoms with Gasteiger partial charge in [-0.15, -0.1) is 30.3 Å². The van der Waals surface area contributed by atoms with Crippen LogP contribution in [0.1, 0.15) is 0 Å². The van der Waals surface area contributed by atoms with Crippen LogP contribution in [0.5, 0.6) is 0 Å². The number of hydrogen-bond donors (Lipinski definition) is 0. The third-order valence-electron chi connectivity index (χ3n) is 4.30. The number of rotatable bonds is 4. The molecule has 3 aromatic carbocycles. The number of hydrogen-bond acceptors (Lipinski definition) is 4. The van der Waals surface area contributed by atoms with E-state index >= 15 is 4.20 Å². The zero-order valence-corrected chi connectivity index (χ0v) is 19.2. The Morgan fingerprint density at radius 1 is 0.516 bits per heavy atom. The number of benzene rings is 3. The second-order valence-electron chi connectivity index (χ2n) is 6.41. The van der Waals surface area contributed by atoms with E-state index in [1.54, 1.807) is 91.0 Å². The standard InChI is InChI=1S/C18H15F5N4P4/c19-29(20)25-30(21,22)27-31(23,26-29)24-28(16-10-4-1-5-11-16,17-12-6-2-7-13-17)18-14-8-3-9-15-18/h1-15H. The molecule has 0 saturated heterocycles. The van der Waals surface area contributed by atoms with Gasteiger partial charge in [-0.25, -0.2) is 4.52 Å². The van der Waals surface area contributed by atoms with E-state index in [0.717, 1.165) is 0 Å². The lowest BCUT2D eigenvalue weighted by atomic mass is 10.4. The lowest BCUT2D eigenvalue weighted by molar-refractivity contribution is 0.697. The molecule has 1 atom stereocenters. The third-order valence-corrected chi connectivity index (χ3v) is 14.7. The molecule has 31 heavy (non-hydrogen) atoms. The van der Waals surface area contributed by atoms with Crippen molar-refractivity contribution in [3.05, 3.63) is 91.0 Å². The first-order valence-electron chi connectivity index (χ1n) is 8.85. The molecule has 1 heterocycles. The summed E-state index contributed by atoms with van der Waals surface area (Å²) in [6, 6.07) is 25.5. The minimum Gasteiger partial charge on any atom is -0.202 e. The van der Waals surface area contributed by atoms with Crippen LogP contribution < -0.4 is 15.9 Å². The highest BCUT2D eigenvalue weighted by atomic mass is 31.3. The van der Waals surface area contributed by atoms with Crippen molar-refractivity contribution in [1.82, 2.24) is 0 Å². The molecule has 0 N–H and O–H groups in total. The second-order valence-corrected chi connectivity index (χ2v) is 14.9. The lowest BCUT2D eigenvalue weighted by Crippen LogP contribution is -2.25. The summed E-state index contributed by atoms with van der Waals surface area (Å²) in [7, 11) is -20.4. The van der Waals surface area contributed by atoms with E-state index < -0.39 is 30.4 Å². The van der Waals surface area contributed by atoms with Crippen LogP contribution in [0.25, 0.3) is 0 Å². The molecule has 0 saturated carbocycles. The normalized spacial score (nSPS) is 21.8. The summed E-state index contributed by atoms with van der Waals surface area (Å²) < 4.78 is 83.6. The zero-order chi connectivity index (χ0) is 22.2. The average molecular weight is 506 g/mol. The molecule has 0 spiro atoms. The van der Waals surface area contributed by atoms with Gasteiger partial charge in [0.05, 0.1) is 7.05 Å². The first-order valence-corrected chi connectivity index (χ1v) is 15.1. The Morgan fingerprint density at radius 2 is 0.871 bits per heavy atom. The summed E-state index contributed by atoms with van der Waals surface area (Å²) in [5.74, 6) is 0. The van der Waals surface area contributed by atoms with Crippen molar-refractivity contribution in [3.63, 3.8) is 0 Å². The van der Waals surface area contributed by atoms with E-state index in [1.165, 1.54) is 0 Å². The maximum Gasteiger partial charge on any atom is 0.424 e. The fourth-order valence-corrected chi connectivity index (χ4v) is 14.1. The maximum atomic E-state index is 15.8. The smallest absolute Gasteiger partial charge is 0.202 e. The van der Waals surface area contributed by atoms with Crippen LogP contribution in [0.4, 0.5) is 21.0 Å². The molecule has 0 aliphatic carbocycles. The maximum absolute atomic E-state index is 15.8. The summed E-state index contributed by atoms with van der Waals surface area (Å²) in [6.07, 6.45) is 0. The largest absolute Gasteiger partial charge is 0.424 e. The predicted octanol–water partition coefficient (Wildman–Crippen LogP) is 8.86.